The van der Waals surface area contributed by atoms with Crippen LogP contribution in [0.4, 0.5) is 0 Å². The zero-order valence-corrected chi connectivity index (χ0v) is 11.4. The first-order valence-corrected chi connectivity index (χ1v) is 8.01. The molecule has 1 saturated carbocycles. The normalized spacial score (nSPS) is 26.0. The van der Waals surface area contributed by atoms with Crippen LogP contribution in [0.1, 0.15) is 44.9 Å². The highest BCUT2D eigenvalue weighted by Gasteiger charge is 2.17. The number of nitrogens with one attached hydrogen (secondary N) is 2. The SMILES string of the molecule is O=C(CNCC1CCCS1)NC1CCCCC1. The first kappa shape index (κ1) is 13.2. The quantitative estimate of drug-likeness (QED) is 0.789. The van der Waals surface area contributed by atoms with E-state index in [1.807, 2.05) is 11.8 Å². The van der Waals surface area contributed by atoms with E-state index in [0.29, 0.717) is 12.6 Å². The molecule has 1 saturated heterocycles. The molecule has 4 heteroatoms. The van der Waals surface area contributed by atoms with Crippen LogP contribution in [0.5, 0.6) is 0 Å². The molecule has 1 heterocycles. The van der Waals surface area contributed by atoms with E-state index < -0.39 is 0 Å². The summed E-state index contributed by atoms with van der Waals surface area (Å²) in [5.74, 6) is 1.47. The van der Waals surface area contributed by atoms with Gasteiger partial charge >= 0.3 is 0 Å². The lowest BCUT2D eigenvalue weighted by atomic mass is 9.95. The summed E-state index contributed by atoms with van der Waals surface area (Å²) >= 11 is 2.04. The molecule has 2 N–H and O–H groups in total. The molecule has 2 aliphatic rings. The molecule has 0 spiro atoms. The second kappa shape index (κ2) is 7.27. The largest absolute Gasteiger partial charge is 0.352 e. The van der Waals surface area contributed by atoms with Gasteiger partial charge in [0.2, 0.25) is 5.91 Å². The lowest BCUT2D eigenvalue weighted by Crippen LogP contribution is -2.42. The smallest absolute Gasteiger partial charge is 0.234 e. The summed E-state index contributed by atoms with van der Waals surface area (Å²) in [5.41, 5.74) is 0. The third kappa shape index (κ3) is 4.88. The highest BCUT2D eigenvalue weighted by molar-refractivity contribution is 8.00. The van der Waals surface area contributed by atoms with Gasteiger partial charge in [-0.15, -0.1) is 0 Å². The fraction of sp³-hybridized carbons (Fsp3) is 0.923. The first-order valence-electron chi connectivity index (χ1n) is 6.96. The van der Waals surface area contributed by atoms with Crippen molar-refractivity contribution in [3.63, 3.8) is 0 Å². The Kier molecular flexibility index (Phi) is 5.65. The molecule has 17 heavy (non-hydrogen) atoms. The molecule has 1 amide bonds. The standard InChI is InChI=1S/C13H24N2OS/c16-13(15-11-5-2-1-3-6-11)10-14-9-12-7-4-8-17-12/h11-12,14H,1-10H2,(H,15,16). The van der Waals surface area contributed by atoms with Crippen LogP contribution in [0.15, 0.2) is 0 Å². The van der Waals surface area contributed by atoms with Crippen LogP contribution in [0.25, 0.3) is 0 Å². The van der Waals surface area contributed by atoms with E-state index in [9.17, 15) is 4.79 Å². The first-order chi connectivity index (χ1) is 8.34. The minimum atomic E-state index is 0.180. The van der Waals surface area contributed by atoms with E-state index in [1.165, 1.54) is 50.7 Å². The molecule has 1 atom stereocenters. The van der Waals surface area contributed by atoms with Crippen molar-refractivity contribution in [1.29, 1.82) is 0 Å². The lowest BCUT2D eigenvalue weighted by Gasteiger charge is -2.23. The van der Waals surface area contributed by atoms with Crippen molar-refractivity contribution in [2.24, 2.45) is 0 Å². The molecule has 0 aromatic carbocycles. The van der Waals surface area contributed by atoms with Crippen LogP contribution in [0, 0.1) is 0 Å². The molecule has 0 aromatic rings. The van der Waals surface area contributed by atoms with Crippen molar-refractivity contribution >= 4 is 17.7 Å². The molecule has 1 unspecified atom stereocenters. The second-order valence-electron chi connectivity index (χ2n) is 5.17. The summed E-state index contributed by atoms with van der Waals surface area (Å²) in [4.78, 5) is 11.7. The molecule has 0 radical (unpaired) electrons. The van der Waals surface area contributed by atoms with Gasteiger partial charge in [-0.1, -0.05) is 19.3 Å². The Morgan fingerprint density at radius 1 is 1.12 bits per heavy atom. The van der Waals surface area contributed by atoms with Crippen molar-refractivity contribution in [3.8, 4) is 0 Å². The van der Waals surface area contributed by atoms with Gasteiger partial charge in [-0.25, -0.2) is 0 Å². The van der Waals surface area contributed by atoms with Crippen molar-refractivity contribution in [2.45, 2.75) is 56.2 Å². The van der Waals surface area contributed by atoms with E-state index in [0.717, 1.165) is 11.8 Å². The van der Waals surface area contributed by atoms with E-state index in [2.05, 4.69) is 10.6 Å². The van der Waals surface area contributed by atoms with Gasteiger partial charge in [0.25, 0.3) is 0 Å². The van der Waals surface area contributed by atoms with Crippen molar-refractivity contribution in [1.82, 2.24) is 10.6 Å². The van der Waals surface area contributed by atoms with Gasteiger partial charge in [-0.05, 0) is 31.4 Å². The number of rotatable bonds is 5. The Labute approximate surface area is 108 Å². The minimum Gasteiger partial charge on any atom is -0.352 e. The maximum atomic E-state index is 11.7. The van der Waals surface area contributed by atoms with E-state index in [-0.39, 0.29) is 5.91 Å². The molecular formula is C13H24N2OS. The summed E-state index contributed by atoms with van der Waals surface area (Å²) < 4.78 is 0. The van der Waals surface area contributed by atoms with E-state index >= 15 is 0 Å². The Bertz CT molecular complexity index is 236. The van der Waals surface area contributed by atoms with Crippen molar-refractivity contribution < 1.29 is 4.79 Å². The van der Waals surface area contributed by atoms with Gasteiger partial charge in [0.05, 0.1) is 6.54 Å². The number of hydrogen-bond acceptors (Lipinski definition) is 3. The zero-order chi connectivity index (χ0) is 11.9. The topological polar surface area (TPSA) is 41.1 Å². The third-order valence-corrected chi connectivity index (χ3v) is 5.05. The van der Waals surface area contributed by atoms with Crippen LogP contribution < -0.4 is 10.6 Å². The van der Waals surface area contributed by atoms with Gasteiger partial charge in [-0.3, -0.25) is 4.79 Å². The molecule has 0 aromatic heterocycles. The highest BCUT2D eigenvalue weighted by atomic mass is 32.2. The van der Waals surface area contributed by atoms with Crippen LogP contribution in [-0.2, 0) is 4.79 Å². The summed E-state index contributed by atoms with van der Waals surface area (Å²) in [6, 6.07) is 0.443. The summed E-state index contributed by atoms with van der Waals surface area (Å²) in [6.45, 7) is 1.48. The van der Waals surface area contributed by atoms with Crippen molar-refractivity contribution in [2.75, 3.05) is 18.8 Å². The minimum absolute atomic E-state index is 0.180. The molecule has 98 valence electrons. The average molecular weight is 256 g/mol. The van der Waals surface area contributed by atoms with Gasteiger partial charge in [0.15, 0.2) is 0 Å². The highest BCUT2D eigenvalue weighted by Crippen LogP contribution is 2.25. The van der Waals surface area contributed by atoms with E-state index in [1.54, 1.807) is 0 Å². The van der Waals surface area contributed by atoms with Gasteiger partial charge < -0.3 is 10.6 Å². The average Bonchev–Trinajstić information content (AvgIpc) is 2.83. The Balaban J connectivity index is 1.53. The van der Waals surface area contributed by atoms with Crippen LogP contribution >= 0.6 is 11.8 Å². The summed E-state index contributed by atoms with van der Waals surface area (Å²) in [5, 5.41) is 7.15. The third-order valence-electron chi connectivity index (χ3n) is 3.65. The molecular weight excluding hydrogens is 232 g/mol. The fourth-order valence-corrected chi connectivity index (χ4v) is 3.91. The van der Waals surface area contributed by atoms with Gasteiger partial charge in [0.1, 0.15) is 0 Å². The second-order valence-corrected chi connectivity index (χ2v) is 6.58. The maximum absolute atomic E-state index is 11.7. The summed E-state index contributed by atoms with van der Waals surface area (Å²) in [6.07, 6.45) is 8.87. The number of carbonyl (C=O) groups excluding carboxylic acids is 1. The van der Waals surface area contributed by atoms with Gasteiger partial charge in [0, 0.05) is 17.8 Å². The molecule has 3 nitrogen and oxygen atoms in total. The predicted molar refractivity (Wildman–Crippen MR) is 73.4 cm³/mol. The predicted octanol–water partition coefficient (Wildman–Crippen LogP) is 1.92. The Morgan fingerprint density at radius 2 is 1.94 bits per heavy atom. The van der Waals surface area contributed by atoms with Gasteiger partial charge in [-0.2, -0.15) is 11.8 Å². The monoisotopic (exact) mass is 256 g/mol. The zero-order valence-electron chi connectivity index (χ0n) is 10.5. The Morgan fingerprint density at radius 3 is 2.65 bits per heavy atom. The fourth-order valence-electron chi connectivity index (χ4n) is 2.68. The maximum Gasteiger partial charge on any atom is 0.234 e. The molecule has 2 fully saturated rings. The van der Waals surface area contributed by atoms with Crippen molar-refractivity contribution in [3.05, 3.63) is 0 Å². The Hall–Kier alpha value is -0.220. The lowest BCUT2D eigenvalue weighted by molar-refractivity contribution is -0.121. The molecule has 2 rings (SSSR count). The summed E-state index contributed by atoms with van der Waals surface area (Å²) in [7, 11) is 0. The molecule has 1 aliphatic carbocycles. The molecule has 0 bridgehead atoms. The number of hydrogen-bond donors (Lipinski definition) is 2. The molecule has 1 aliphatic heterocycles. The van der Waals surface area contributed by atoms with Crippen LogP contribution in [0.2, 0.25) is 0 Å². The number of carbonyl (C=O) groups is 1. The number of amides is 1. The number of thioether (sulfide) groups is 1. The van der Waals surface area contributed by atoms with Crippen LogP contribution in [-0.4, -0.2) is 36.0 Å². The van der Waals surface area contributed by atoms with E-state index in [4.69, 9.17) is 0 Å². The van der Waals surface area contributed by atoms with Crippen LogP contribution in [0.3, 0.4) is 0 Å².